The number of aryl methyl sites for hydroxylation is 1. The molecule has 0 aliphatic rings. The standard InChI is InChI=1S/C30H35Cl2N3O4S/c1-5-22(4)33-30(37)28(6-2)34(19-23-9-7-8-10-27(23)32)29(36)20-35(25-15-11-21(3)12-16-25)40(38,39)26-17-13-24(31)14-18-26/h7-18,22,28H,5-6,19-20H2,1-4H3,(H,33,37)/t22-,28-/m1/s1. The number of carbonyl (C=O) groups excluding carboxylic acids is 2. The fraction of sp³-hybridized carbons (Fsp3) is 0.333. The maximum absolute atomic E-state index is 14.1. The van der Waals surface area contributed by atoms with Crippen molar-refractivity contribution in [1.82, 2.24) is 10.2 Å². The van der Waals surface area contributed by atoms with Crippen molar-refractivity contribution in [1.29, 1.82) is 0 Å². The molecule has 0 radical (unpaired) electrons. The number of sulfonamides is 1. The van der Waals surface area contributed by atoms with Crippen LogP contribution in [0.4, 0.5) is 5.69 Å². The number of rotatable bonds is 12. The van der Waals surface area contributed by atoms with E-state index in [0.717, 1.165) is 16.3 Å². The molecule has 40 heavy (non-hydrogen) atoms. The first-order valence-corrected chi connectivity index (χ1v) is 15.4. The first-order chi connectivity index (χ1) is 19.0. The third-order valence-corrected chi connectivity index (χ3v) is 9.10. The van der Waals surface area contributed by atoms with E-state index < -0.39 is 28.5 Å². The Morgan fingerprint density at radius 1 is 0.900 bits per heavy atom. The summed E-state index contributed by atoms with van der Waals surface area (Å²) in [6.07, 6.45) is 1.05. The quantitative estimate of drug-likeness (QED) is 0.266. The average molecular weight is 605 g/mol. The molecule has 2 amide bonds. The minimum Gasteiger partial charge on any atom is -0.352 e. The molecule has 0 heterocycles. The van der Waals surface area contributed by atoms with Crippen molar-refractivity contribution in [2.45, 2.75) is 64.1 Å². The second-order valence-electron chi connectivity index (χ2n) is 9.66. The lowest BCUT2D eigenvalue weighted by Gasteiger charge is -2.34. The molecule has 0 aromatic heterocycles. The molecule has 0 spiro atoms. The summed E-state index contributed by atoms with van der Waals surface area (Å²) >= 11 is 12.4. The summed E-state index contributed by atoms with van der Waals surface area (Å²) in [7, 11) is -4.17. The van der Waals surface area contributed by atoms with Crippen LogP contribution in [0, 0.1) is 6.92 Å². The predicted octanol–water partition coefficient (Wildman–Crippen LogP) is 6.22. The molecule has 7 nitrogen and oxygen atoms in total. The Labute approximate surface area is 247 Å². The van der Waals surface area contributed by atoms with E-state index in [2.05, 4.69) is 5.32 Å². The number of hydrogen-bond donors (Lipinski definition) is 1. The number of halogens is 2. The number of benzene rings is 3. The molecule has 0 aliphatic carbocycles. The Kier molecular flexibility index (Phi) is 11.0. The van der Waals surface area contributed by atoms with E-state index in [9.17, 15) is 18.0 Å². The number of nitrogens with one attached hydrogen (secondary N) is 1. The van der Waals surface area contributed by atoms with Gasteiger partial charge in [0.15, 0.2) is 0 Å². The van der Waals surface area contributed by atoms with Gasteiger partial charge in [0.05, 0.1) is 10.6 Å². The molecular weight excluding hydrogens is 569 g/mol. The SMILES string of the molecule is CC[C@@H](C)NC(=O)[C@@H](CC)N(Cc1ccccc1Cl)C(=O)CN(c1ccc(C)cc1)S(=O)(=O)c1ccc(Cl)cc1. The maximum Gasteiger partial charge on any atom is 0.264 e. The first-order valence-electron chi connectivity index (χ1n) is 13.2. The second-order valence-corrected chi connectivity index (χ2v) is 12.4. The lowest BCUT2D eigenvalue weighted by atomic mass is 10.1. The van der Waals surface area contributed by atoms with Crippen LogP contribution < -0.4 is 9.62 Å². The highest BCUT2D eigenvalue weighted by Gasteiger charge is 2.34. The summed E-state index contributed by atoms with van der Waals surface area (Å²) in [5, 5.41) is 3.79. The van der Waals surface area contributed by atoms with Crippen LogP contribution in [0.1, 0.15) is 44.7 Å². The van der Waals surface area contributed by atoms with E-state index in [-0.39, 0.29) is 23.4 Å². The first kappa shape index (κ1) is 31.5. The Hall–Kier alpha value is -3.07. The van der Waals surface area contributed by atoms with E-state index in [1.807, 2.05) is 27.7 Å². The molecular formula is C30H35Cl2N3O4S. The van der Waals surface area contributed by atoms with Gasteiger partial charge in [0, 0.05) is 22.6 Å². The number of anilines is 1. The Morgan fingerprint density at radius 2 is 1.52 bits per heavy atom. The van der Waals surface area contributed by atoms with Crippen molar-refractivity contribution >= 4 is 50.7 Å². The Morgan fingerprint density at radius 3 is 2.10 bits per heavy atom. The zero-order valence-corrected chi connectivity index (χ0v) is 25.4. The van der Waals surface area contributed by atoms with Gasteiger partial charge in [0.2, 0.25) is 11.8 Å². The smallest absolute Gasteiger partial charge is 0.264 e. The van der Waals surface area contributed by atoms with Crippen LogP contribution in [0.5, 0.6) is 0 Å². The van der Waals surface area contributed by atoms with E-state index in [1.54, 1.807) is 48.5 Å². The highest BCUT2D eigenvalue weighted by atomic mass is 35.5. The fourth-order valence-electron chi connectivity index (χ4n) is 4.14. The van der Waals surface area contributed by atoms with Crippen molar-refractivity contribution in [2.24, 2.45) is 0 Å². The largest absolute Gasteiger partial charge is 0.352 e. The summed E-state index contributed by atoms with van der Waals surface area (Å²) < 4.78 is 28.8. The number of nitrogens with zero attached hydrogens (tertiary/aromatic N) is 2. The molecule has 3 aromatic rings. The second kappa shape index (κ2) is 14.0. The number of carbonyl (C=O) groups is 2. The summed E-state index contributed by atoms with van der Waals surface area (Å²) in [6, 6.07) is 18.8. The van der Waals surface area contributed by atoms with E-state index in [0.29, 0.717) is 27.7 Å². The number of amides is 2. The lowest BCUT2D eigenvalue weighted by Crippen LogP contribution is -2.53. The van der Waals surface area contributed by atoms with E-state index >= 15 is 0 Å². The van der Waals surface area contributed by atoms with Crippen molar-refractivity contribution < 1.29 is 18.0 Å². The summed E-state index contributed by atoms with van der Waals surface area (Å²) in [4.78, 5) is 28.8. The topological polar surface area (TPSA) is 86.8 Å². The molecule has 3 aromatic carbocycles. The van der Waals surface area contributed by atoms with Gasteiger partial charge in [-0.2, -0.15) is 0 Å². The molecule has 0 aliphatic heterocycles. The van der Waals surface area contributed by atoms with Gasteiger partial charge >= 0.3 is 0 Å². The minimum absolute atomic E-state index is 0.00974. The summed E-state index contributed by atoms with van der Waals surface area (Å²) in [6.45, 7) is 7.07. The van der Waals surface area contributed by atoms with Crippen LogP contribution >= 0.6 is 23.2 Å². The van der Waals surface area contributed by atoms with Gasteiger partial charge in [-0.25, -0.2) is 8.42 Å². The van der Waals surface area contributed by atoms with Gasteiger partial charge in [-0.15, -0.1) is 0 Å². The van der Waals surface area contributed by atoms with Gasteiger partial charge in [0.25, 0.3) is 10.0 Å². The predicted molar refractivity (Wildman–Crippen MR) is 161 cm³/mol. The Bertz CT molecular complexity index is 1410. The van der Waals surface area contributed by atoms with Crippen LogP contribution in [0.3, 0.4) is 0 Å². The molecule has 10 heteroatoms. The highest BCUT2D eigenvalue weighted by Crippen LogP contribution is 2.27. The third kappa shape index (κ3) is 7.77. The zero-order valence-electron chi connectivity index (χ0n) is 23.1. The fourth-order valence-corrected chi connectivity index (χ4v) is 5.88. The monoisotopic (exact) mass is 603 g/mol. The van der Waals surface area contributed by atoms with E-state index in [4.69, 9.17) is 23.2 Å². The molecule has 0 bridgehead atoms. The third-order valence-electron chi connectivity index (χ3n) is 6.69. The van der Waals surface area contributed by atoms with Crippen LogP contribution in [0.15, 0.2) is 77.7 Å². The van der Waals surface area contributed by atoms with Crippen molar-refractivity contribution in [3.8, 4) is 0 Å². The van der Waals surface area contributed by atoms with Crippen LogP contribution in [-0.2, 0) is 26.2 Å². The van der Waals surface area contributed by atoms with Crippen molar-refractivity contribution in [3.63, 3.8) is 0 Å². The summed E-state index contributed by atoms with van der Waals surface area (Å²) in [5.41, 5.74) is 1.91. The van der Waals surface area contributed by atoms with E-state index in [1.165, 1.54) is 29.2 Å². The zero-order chi connectivity index (χ0) is 29.4. The van der Waals surface area contributed by atoms with Gasteiger partial charge in [-0.3, -0.25) is 13.9 Å². The van der Waals surface area contributed by atoms with Gasteiger partial charge in [0.1, 0.15) is 12.6 Å². The van der Waals surface area contributed by atoms with Gasteiger partial charge in [-0.05, 0) is 74.7 Å². The van der Waals surface area contributed by atoms with Crippen LogP contribution in [-0.4, -0.2) is 43.8 Å². The average Bonchev–Trinajstić information content (AvgIpc) is 2.93. The molecule has 214 valence electrons. The normalized spacial score (nSPS) is 12.8. The van der Waals surface area contributed by atoms with Crippen molar-refractivity contribution in [2.75, 3.05) is 10.8 Å². The molecule has 2 atom stereocenters. The lowest BCUT2D eigenvalue weighted by molar-refractivity contribution is -0.140. The van der Waals surface area contributed by atoms with Gasteiger partial charge in [-0.1, -0.05) is 72.9 Å². The Balaban J connectivity index is 2.06. The molecule has 0 saturated carbocycles. The van der Waals surface area contributed by atoms with Gasteiger partial charge < -0.3 is 10.2 Å². The number of hydrogen-bond acceptors (Lipinski definition) is 4. The van der Waals surface area contributed by atoms with Crippen LogP contribution in [0.25, 0.3) is 0 Å². The molecule has 1 N–H and O–H groups in total. The molecule has 3 rings (SSSR count). The highest BCUT2D eigenvalue weighted by molar-refractivity contribution is 7.92. The maximum atomic E-state index is 14.1. The molecule has 0 fully saturated rings. The van der Waals surface area contributed by atoms with Crippen LogP contribution in [0.2, 0.25) is 10.0 Å². The van der Waals surface area contributed by atoms with Crippen molar-refractivity contribution in [3.05, 3.63) is 94.0 Å². The minimum atomic E-state index is -4.17. The molecule has 0 saturated heterocycles. The summed E-state index contributed by atoms with van der Waals surface area (Å²) in [5.74, 6) is -0.844. The molecule has 0 unspecified atom stereocenters.